The van der Waals surface area contributed by atoms with E-state index >= 15 is 0 Å². The molecule has 0 radical (unpaired) electrons. The smallest absolute Gasteiger partial charge is 0.246 e. The first-order chi connectivity index (χ1) is 15.5. The lowest BCUT2D eigenvalue weighted by molar-refractivity contribution is -0.125. The maximum atomic E-state index is 12.4. The van der Waals surface area contributed by atoms with E-state index in [9.17, 15) is 9.59 Å². The fourth-order valence-electron chi connectivity index (χ4n) is 3.81. The zero-order valence-corrected chi connectivity index (χ0v) is 18.8. The summed E-state index contributed by atoms with van der Waals surface area (Å²) in [7, 11) is 3.96. The number of carbonyl (C=O) groups excluding carboxylic acids is 2. The minimum Gasteiger partial charge on any atom is -0.335 e. The summed E-state index contributed by atoms with van der Waals surface area (Å²) in [6.45, 7) is 2.10. The van der Waals surface area contributed by atoms with Gasteiger partial charge in [-0.2, -0.15) is 5.10 Å². The van der Waals surface area contributed by atoms with Crippen molar-refractivity contribution in [3.63, 3.8) is 0 Å². The van der Waals surface area contributed by atoms with Crippen molar-refractivity contribution in [3.05, 3.63) is 65.4 Å². The molecule has 0 unspecified atom stereocenters. The van der Waals surface area contributed by atoms with E-state index in [1.54, 1.807) is 6.08 Å². The third kappa shape index (κ3) is 5.95. The second kappa shape index (κ2) is 9.96. The van der Waals surface area contributed by atoms with Gasteiger partial charge in [0.25, 0.3) is 0 Å². The van der Waals surface area contributed by atoms with E-state index < -0.39 is 0 Å². The largest absolute Gasteiger partial charge is 0.335 e. The Labute approximate surface area is 189 Å². The van der Waals surface area contributed by atoms with Gasteiger partial charge in [0.15, 0.2) is 5.82 Å². The van der Waals surface area contributed by atoms with Crippen LogP contribution in [0.2, 0.25) is 0 Å². The van der Waals surface area contributed by atoms with Crippen LogP contribution in [0, 0.1) is 0 Å². The molecule has 2 amide bonds. The van der Waals surface area contributed by atoms with Crippen molar-refractivity contribution in [3.8, 4) is 0 Å². The van der Waals surface area contributed by atoms with Crippen molar-refractivity contribution in [2.45, 2.75) is 31.6 Å². The normalized spacial score (nSPS) is 16.5. The monoisotopic (exact) mass is 433 g/mol. The van der Waals surface area contributed by atoms with Gasteiger partial charge < -0.3 is 15.1 Å². The first-order valence-corrected chi connectivity index (χ1v) is 11.2. The SMILES string of the molecule is CN(C)C/C=C/C(=O)N1CC=C(c2ccc(CC(=O)Nc3cc(C4CC4)[nH]n3)cc2)CC1. The van der Waals surface area contributed by atoms with Crippen LogP contribution in [0.25, 0.3) is 5.57 Å². The molecule has 0 bridgehead atoms. The second-order valence-electron chi connectivity index (χ2n) is 8.83. The molecule has 1 saturated carbocycles. The van der Waals surface area contributed by atoms with Gasteiger partial charge in [0.05, 0.1) is 6.42 Å². The molecule has 1 aromatic heterocycles. The number of nitrogens with zero attached hydrogens (tertiary/aromatic N) is 3. The zero-order chi connectivity index (χ0) is 22.5. The Morgan fingerprint density at radius 1 is 1.25 bits per heavy atom. The van der Waals surface area contributed by atoms with Crippen molar-refractivity contribution < 1.29 is 9.59 Å². The Balaban J connectivity index is 1.27. The number of likely N-dealkylation sites (N-methyl/N-ethyl adjacent to an activating group) is 1. The lowest BCUT2D eigenvalue weighted by Crippen LogP contribution is -2.33. The van der Waals surface area contributed by atoms with Crippen molar-refractivity contribution in [1.29, 1.82) is 0 Å². The van der Waals surface area contributed by atoms with Crippen molar-refractivity contribution in [1.82, 2.24) is 20.0 Å². The number of carbonyl (C=O) groups is 2. The summed E-state index contributed by atoms with van der Waals surface area (Å²) in [4.78, 5) is 28.5. The number of aromatic amines is 1. The molecular weight excluding hydrogens is 402 g/mol. The van der Waals surface area contributed by atoms with Gasteiger partial charge in [-0.05, 0) is 50.1 Å². The number of aromatic nitrogens is 2. The predicted molar refractivity (Wildman–Crippen MR) is 126 cm³/mol. The molecular formula is C25H31N5O2. The van der Waals surface area contributed by atoms with Crippen molar-refractivity contribution >= 4 is 23.2 Å². The predicted octanol–water partition coefficient (Wildman–Crippen LogP) is 3.20. The van der Waals surface area contributed by atoms with Crippen LogP contribution in [0.15, 0.2) is 48.6 Å². The number of anilines is 1. The van der Waals surface area contributed by atoms with E-state index in [2.05, 4.69) is 33.7 Å². The summed E-state index contributed by atoms with van der Waals surface area (Å²) < 4.78 is 0. The van der Waals surface area contributed by atoms with Crippen LogP contribution >= 0.6 is 0 Å². The van der Waals surface area contributed by atoms with Crippen LogP contribution in [-0.2, 0) is 16.0 Å². The average Bonchev–Trinajstić information content (AvgIpc) is 3.53. The van der Waals surface area contributed by atoms with Gasteiger partial charge in [-0.15, -0.1) is 0 Å². The Hall–Kier alpha value is -3.19. The first-order valence-electron chi connectivity index (χ1n) is 11.2. The topological polar surface area (TPSA) is 81.3 Å². The zero-order valence-electron chi connectivity index (χ0n) is 18.8. The number of hydrogen-bond donors (Lipinski definition) is 2. The Bertz CT molecular complexity index is 1020. The molecule has 4 rings (SSSR count). The number of rotatable bonds is 8. The molecule has 32 heavy (non-hydrogen) atoms. The van der Waals surface area contributed by atoms with Crippen LogP contribution in [0.1, 0.15) is 42.0 Å². The highest BCUT2D eigenvalue weighted by atomic mass is 16.2. The van der Waals surface area contributed by atoms with Gasteiger partial charge in [-0.1, -0.05) is 36.4 Å². The number of H-pyrrole nitrogens is 1. The van der Waals surface area contributed by atoms with Gasteiger partial charge in [0, 0.05) is 43.4 Å². The molecule has 2 heterocycles. The van der Waals surface area contributed by atoms with Gasteiger partial charge in [-0.3, -0.25) is 14.7 Å². The summed E-state index contributed by atoms with van der Waals surface area (Å²) in [6.07, 6.45) is 9.21. The van der Waals surface area contributed by atoms with Crippen LogP contribution in [0.4, 0.5) is 5.82 Å². The number of hydrogen-bond acceptors (Lipinski definition) is 4. The lowest BCUT2D eigenvalue weighted by Gasteiger charge is -2.25. The standard InChI is InChI=1S/C25H31N5O2/c1-29(2)13-3-4-25(32)30-14-11-20(12-15-30)19-7-5-18(6-8-19)16-24(31)26-23-17-22(27-28-23)21-9-10-21/h3-8,11,17,21H,9-10,12-16H2,1-2H3,(H2,26,27,28,31)/b4-3+. The Morgan fingerprint density at radius 3 is 2.69 bits per heavy atom. The highest BCUT2D eigenvalue weighted by Crippen LogP contribution is 2.39. The molecule has 2 aromatic rings. The quantitative estimate of drug-likeness (QED) is 0.627. The van der Waals surface area contributed by atoms with E-state index in [-0.39, 0.29) is 11.8 Å². The summed E-state index contributed by atoms with van der Waals surface area (Å²) in [5, 5.41) is 10.1. The van der Waals surface area contributed by atoms with Gasteiger partial charge >= 0.3 is 0 Å². The fourth-order valence-corrected chi connectivity index (χ4v) is 3.81. The average molecular weight is 434 g/mol. The van der Waals surface area contributed by atoms with Crippen LogP contribution in [0.3, 0.4) is 0 Å². The molecule has 2 N–H and O–H groups in total. The molecule has 0 spiro atoms. The molecule has 2 aliphatic rings. The van der Waals surface area contributed by atoms with Gasteiger partial charge in [0.1, 0.15) is 0 Å². The Kier molecular flexibility index (Phi) is 6.85. The van der Waals surface area contributed by atoms with E-state index in [1.807, 2.05) is 48.2 Å². The maximum absolute atomic E-state index is 12.4. The summed E-state index contributed by atoms with van der Waals surface area (Å²) >= 11 is 0. The van der Waals surface area contributed by atoms with Crippen LogP contribution < -0.4 is 5.32 Å². The molecule has 0 atom stereocenters. The summed E-state index contributed by atoms with van der Waals surface area (Å²) in [5.41, 5.74) is 4.45. The third-order valence-electron chi connectivity index (χ3n) is 5.82. The molecule has 7 nitrogen and oxygen atoms in total. The minimum atomic E-state index is -0.0695. The number of amides is 2. The van der Waals surface area contributed by atoms with E-state index in [0.29, 0.717) is 31.2 Å². The molecule has 1 fully saturated rings. The fraction of sp³-hybridized carbons (Fsp3) is 0.400. The highest BCUT2D eigenvalue weighted by Gasteiger charge is 2.25. The molecule has 168 valence electrons. The van der Waals surface area contributed by atoms with Gasteiger partial charge in [-0.25, -0.2) is 0 Å². The van der Waals surface area contributed by atoms with Crippen LogP contribution in [-0.4, -0.2) is 65.5 Å². The number of nitrogens with one attached hydrogen (secondary N) is 2. The van der Waals surface area contributed by atoms with E-state index in [1.165, 1.54) is 18.4 Å². The van der Waals surface area contributed by atoms with Crippen molar-refractivity contribution in [2.75, 3.05) is 39.0 Å². The third-order valence-corrected chi connectivity index (χ3v) is 5.82. The Morgan fingerprint density at radius 2 is 2.03 bits per heavy atom. The van der Waals surface area contributed by atoms with Crippen LogP contribution in [0.5, 0.6) is 0 Å². The first kappa shape index (κ1) is 22.0. The van der Waals surface area contributed by atoms with Gasteiger partial charge in [0.2, 0.25) is 11.8 Å². The second-order valence-corrected chi connectivity index (χ2v) is 8.83. The van der Waals surface area contributed by atoms with Crippen molar-refractivity contribution in [2.24, 2.45) is 0 Å². The molecule has 1 aliphatic heterocycles. The van der Waals surface area contributed by atoms with E-state index in [0.717, 1.165) is 29.8 Å². The summed E-state index contributed by atoms with van der Waals surface area (Å²) in [5.74, 6) is 1.17. The molecule has 1 aliphatic carbocycles. The minimum absolute atomic E-state index is 0.0599. The molecule has 7 heteroatoms. The van der Waals surface area contributed by atoms with E-state index in [4.69, 9.17) is 0 Å². The molecule has 1 aromatic carbocycles. The summed E-state index contributed by atoms with van der Waals surface area (Å²) in [6, 6.07) is 10.0. The molecule has 0 saturated heterocycles. The number of benzene rings is 1. The highest BCUT2D eigenvalue weighted by molar-refractivity contribution is 5.91. The lowest BCUT2D eigenvalue weighted by atomic mass is 9.97. The maximum Gasteiger partial charge on any atom is 0.246 e.